The molecule has 0 aliphatic heterocycles. The van der Waals surface area contributed by atoms with Crippen molar-refractivity contribution in [2.24, 2.45) is 5.92 Å². The first kappa shape index (κ1) is 14.3. The third kappa shape index (κ3) is 6.53. The van der Waals surface area contributed by atoms with E-state index in [1.807, 2.05) is 6.26 Å². The third-order valence-electron chi connectivity index (χ3n) is 2.66. The van der Waals surface area contributed by atoms with Gasteiger partial charge in [-0.1, -0.05) is 0 Å². The lowest BCUT2D eigenvalue weighted by atomic mass is 10.2. The normalized spacial score (nSPS) is 16.5. The predicted octanol–water partition coefficient (Wildman–Crippen LogP) is 0.309. The largest absolute Gasteiger partial charge is 0.480 e. The van der Waals surface area contributed by atoms with Crippen molar-refractivity contribution in [3.63, 3.8) is 0 Å². The average molecular weight is 260 g/mol. The summed E-state index contributed by atoms with van der Waals surface area (Å²) in [6, 6.07) is -0.766. The standard InChI is InChI=1S/C11H20N2O3S/c1-17-5-4-9(11(15)16)13-10(14)7-12-6-8-2-3-8/h8-9,12H,2-7H2,1H3,(H,13,14)(H,15,16). The topological polar surface area (TPSA) is 78.4 Å². The van der Waals surface area contributed by atoms with Gasteiger partial charge in [-0.2, -0.15) is 11.8 Å². The highest BCUT2D eigenvalue weighted by Gasteiger charge is 2.22. The molecule has 1 atom stereocenters. The molecule has 0 heterocycles. The molecule has 0 bridgehead atoms. The Bertz CT molecular complexity index is 269. The number of carbonyl (C=O) groups is 2. The van der Waals surface area contributed by atoms with Crippen molar-refractivity contribution in [3.8, 4) is 0 Å². The van der Waals surface area contributed by atoms with Gasteiger partial charge in [-0.25, -0.2) is 4.79 Å². The number of amides is 1. The van der Waals surface area contributed by atoms with E-state index in [4.69, 9.17) is 5.11 Å². The number of aliphatic carboxylic acids is 1. The molecule has 17 heavy (non-hydrogen) atoms. The summed E-state index contributed by atoms with van der Waals surface area (Å²) in [5.74, 6) is 0.246. The maximum absolute atomic E-state index is 11.5. The van der Waals surface area contributed by atoms with Crippen molar-refractivity contribution < 1.29 is 14.7 Å². The lowest BCUT2D eigenvalue weighted by molar-refractivity contribution is -0.141. The number of hydrogen-bond acceptors (Lipinski definition) is 4. The predicted molar refractivity (Wildman–Crippen MR) is 68.2 cm³/mol. The first-order valence-corrected chi connectivity index (χ1v) is 7.24. The zero-order valence-electron chi connectivity index (χ0n) is 10.1. The molecule has 1 aliphatic rings. The highest BCUT2D eigenvalue weighted by atomic mass is 32.2. The van der Waals surface area contributed by atoms with E-state index < -0.39 is 12.0 Å². The zero-order chi connectivity index (χ0) is 12.7. The molecule has 0 spiro atoms. The van der Waals surface area contributed by atoms with Crippen molar-refractivity contribution >= 4 is 23.6 Å². The van der Waals surface area contributed by atoms with Gasteiger partial charge in [0, 0.05) is 0 Å². The fourth-order valence-electron chi connectivity index (χ4n) is 1.45. The smallest absolute Gasteiger partial charge is 0.326 e. The maximum Gasteiger partial charge on any atom is 0.326 e. The van der Waals surface area contributed by atoms with Gasteiger partial charge >= 0.3 is 5.97 Å². The quantitative estimate of drug-likeness (QED) is 0.556. The Morgan fingerprint density at radius 3 is 2.71 bits per heavy atom. The summed E-state index contributed by atoms with van der Waals surface area (Å²) in [4.78, 5) is 22.4. The van der Waals surface area contributed by atoms with E-state index in [1.54, 1.807) is 11.8 Å². The number of hydrogen-bond donors (Lipinski definition) is 3. The lowest BCUT2D eigenvalue weighted by Crippen LogP contribution is -2.45. The van der Waals surface area contributed by atoms with Crippen LogP contribution in [-0.4, -0.2) is 48.1 Å². The fraction of sp³-hybridized carbons (Fsp3) is 0.818. The highest BCUT2D eigenvalue weighted by Crippen LogP contribution is 2.27. The number of nitrogens with one attached hydrogen (secondary N) is 2. The average Bonchev–Trinajstić information content (AvgIpc) is 3.07. The van der Waals surface area contributed by atoms with Crippen LogP contribution in [0.3, 0.4) is 0 Å². The van der Waals surface area contributed by atoms with E-state index in [-0.39, 0.29) is 12.5 Å². The molecule has 0 aromatic rings. The van der Waals surface area contributed by atoms with E-state index in [0.29, 0.717) is 6.42 Å². The van der Waals surface area contributed by atoms with Gasteiger partial charge in [0.1, 0.15) is 6.04 Å². The Balaban J connectivity index is 2.16. The summed E-state index contributed by atoms with van der Waals surface area (Å²) >= 11 is 1.57. The molecule has 3 N–H and O–H groups in total. The molecule has 98 valence electrons. The summed E-state index contributed by atoms with van der Waals surface area (Å²) in [6.45, 7) is 1.06. The molecular weight excluding hydrogens is 240 g/mol. The van der Waals surface area contributed by atoms with Crippen molar-refractivity contribution in [2.75, 3.05) is 25.1 Å². The van der Waals surface area contributed by atoms with Crippen molar-refractivity contribution in [2.45, 2.75) is 25.3 Å². The molecule has 0 aromatic heterocycles. The molecule has 0 aromatic carbocycles. The Morgan fingerprint density at radius 2 is 2.18 bits per heavy atom. The van der Waals surface area contributed by atoms with Crippen LogP contribution in [0.25, 0.3) is 0 Å². The SMILES string of the molecule is CSCCC(NC(=O)CNCC1CC1)C(=O)O. The molecule has 1 aliphatic carbocycles. The van der Waals surface area contributed by atoms with Crippen LogP contribution in [0.5, 0.6) is 0 Å². The Labute approximate surface area is 106 Å². The van der Waals surface area contributed by atoms with Crippen LogP contribution in [-0.2, 0) is 9.59 Å². The fourth-order valence-corrected chi connectivity index (χ4v) is 1.92. The van der Waals surface area contributed by atoms with Crippen LogP contribution in [0.1, 0.15) is 19.3 Å². The number of carbonyl (C=O) groups excluding carboxylic acids is 1. The Kier molecular flexibility index (Phi) is 6.36. The van der Waals surface area contributed by atoms with Gasteiger partial charge in [0.15, 0.2) is 0 Å². The zero-order valence-corrected chi connectivity index (χ0v) is 10.9. The molecule has 5 nitrogen and oxygen atoms in total. The monoisotopic (exact) mass is 260 g/mol. The van der Waals surface area contributed by atoms with Gasteiger partial charge in [0.05, 0.1) is 6.54 Å². The van der Waals surface area contributed by atoms with Gasteiger partial charge in [-0.3, -0.25) is 4.79 Å². The molecule has 1 unspecified atom stereocenters. The molecule has 0 saturated heterocycles. The van der Waals surface area contributed by atoms with Crippen molar-refractivity contribution in [3.05, 3.63) is 0 Å². The summed E-state index contributed by atoms with van der Waals surface area (Å²) in [5, 5.41) is 14.5. The van der Waals surface area contributed by atoms with Gasteiger partial charge in [0.25, 0.3) is 0 Å². The summed E-state index contributed by atoms with van der Waals surface area (Å²) in [6.07, 6.45) is 4.85. The molecule has 1 rings (SSSR count). The van der Waals surface area contributed by atoms with E-state index in [9.17, 15) is 9.59 Å². The molecule has 6 heteroatoms. The second kappa shape index (κ2) is 7.55. The van der Waals surface area contributed by atoms with Gasteiger partial charge in [-0.15, -0.1) is 0 Å². The Morgan fingerprint density at radius 1 is 1.47 bits per heavy atom. The van der Waals surface area contributed by atoms with E-state index in [1.165, 1.54) is 12.8 Å². The molecule has 0 radical (unpaired) electrons. The van der Waals surface area contributed by atoms with E-state index >= 15 is 0 Å². The van der Waals surface area contributed by atoms with Crippen LogP contribution in [0, 0.1) is 5.92 Å². The lowest BCUT2D eigenvalue weighted by Gasteiger charge is -2.14. The first-order chi connectivity index (χ1) is 8.13. The third-order valence-corrected chi connectivity index (χ3v) is 3.30. The first-order valence-electron chi connectivity index (χ1n) is 5.85. The van der Waals surface area contributed by atoms with Crippen molar-refractivity contribution in [1.29, 1.82) is 0 Å². The summed E-state index contributed by atoms with van der Waals surface area (Å²) in [5.41, 5.74) is 0. The van der Waals surface area contributed by atoms with Crippen LogP contribution >= 0.6 is 11.8 Å². The molecule has 1 saturated carbocycles. The number of rotatable bonds is 9. The second-order valence-corrected chi connectivity index (χ2v) is 5.30. The van der Waals surface area contributed by atoms with E-state index in [2.05, 4.69) is 10.6 Å². The van der Waals surface area contributed by atoms with Gasteiger partial charge in [-0.05, 0) is 43.7 Å². The number of carboxylic acids is 1. The minimum Gasteiger partial charge on any atom is -0.480 e. The molecular formula is C11H20N2O3S. The number of carboxylic acid groups (broad SMARTS) is 1. The summed E-state index contributed by atoms with van der Waals surface area (Å²) in [7, 11) is 0. The summed E-state index contributed by atoms with van der Waals surface area (Å²) < 4.78 is 0. The number of thioether (sulfide) groups is 1. The Hall–Kier alpha value is -0.750. The van der Waals surface area contributed by atoms with Crippen LogP contribution in [0.4, 0.5) is 0 Å². The van der Waals surface area contributed by atoms with E-state index in [0.717, 1.165) is 18.2 Å². The highest BCUT2D eigenvalue weighted by molar-refractivity contribution is 7.98. The van der Waals surface area contributed by atoms with Crippen LogP contribution < -0.4 is 10.6 Å². The second-order valence-electron chi connectivity index (χ2n) is 4.31. The minimum atomic E-state index is -0.963. The minimum absolute atomic E-state index is 0.208. The maximum atomic E-state index is 11.5. The molecule has 1 fully saturated rings. The van der Waals surface area contributed by atoms with Crippen LogP contribution in [0.2, 0.25) is 0 Å². The van der Waals surface area contributed by atoms with Gasteiger partial charge < -0.3 is 15.7 Å². The van der Waals surface area contributed by atoms with Crippen LogP contribution in [0.15, 0.2) is 0 Å². The molecule has 1 amide bonds. The van der Waals surface area contributed by atoms with Gasteiger partial charge in [0.2, 0.25) is 5.91 Å². The van der Waals surface area contributed by atoms with Crippen molar-refractivity contribution in [1.82, 2.24) is 10.6 Å².